The SMILES string of the molecule is CCC(=O)Nc1ccc(C(C)NC(=O)c2cccc(-n3cc(Br)cn3)c2)cc1. The number of aromatic nitrogens is 2. The molecule has 0 fully saturated rings. The first kappa shape index (κ1) is 19.8. The van der Waals surface area contributed by atoms with E-state index in [4.69, 9.17) is 0 Å². The molecule has 0 bridgehead atoms. The standard InChI is InChI=1S/C21H21BrN4O2/c1-3-20(27)25-18-9-7-15(8-10-18)14(2)24-21(28)16-5-4-6-19(11-16)26-13-17(22)12-23-26/h4-14H,3H2,1-2H3,(H,24,28)(H,25,27). The summed E-state index contributed by atoms with van der Waals surface area (Å²) in [5, 5.41) is 10.1. The van der Waals surface area contributed by atoms with Crippen LogP contribution < -0.4 is 10.6 Å². The van der Waals surface area contributed by atoms with Gasteiger partial charge < -0.3 is 10.6 Å². The summed E-state index contributed by atoms with van der Waals surface area (Å²) >= 11 is 3.37. The highest BCUT2D eigenvalue weighted by Gasteiger charge is 2.13. The number of nitrogens with one attached hydrogen (secondary N) is 2. The molecule has 3 aromatic rings. The van der Waals surface area contributed by atoms with Gasteiger partial charge in [-0.2, -0.15) is 5.10 Å². The number of hydrogen-bond acceptors (Lipinski definition) is 3. The van der Waals surface area contributed by atoms with Crippen LogP contribution in [-0.4, -0.2) is 21.6 Å². The summed E-state index contributed by atoms with van der Waals surface area (Å²) < 4.78 is 2.57. The third kappa shape index (κ3) is 4.86. The summed E-state index contributed by atoms with van der Waals surface area (Å²) in [4.78, 5) is 24.1. The number of anilines is 1. The first-order chi connectivity index (χ1) is 13.5. The van der Waals surface area contributed by atoms with Gasteiger partial charge in [-0.3, -0.25) is 9.59 Å². The van der Waals surface area contributed by atoms with Gasteiger partial charge in [0.2, 0.25) is 5.91 Å². The number of carbonyl (C=O) groups is 2. The number of carbonyl (C=O) groups excluding carboxylic acids is 2. The van der Waals surface area contributed by atoms with Gasteiger partial charge >= 0.3 is 0 Å². The Morgan fingerprint density at radius 1 is 1.18 bits per heavy atom. The summed E-state index contributed by atoms with van der Waals surface area (Å²) in [6, 6.07) is 14.6. The molecule has 1 aromatic heterocycles. The van der Waals surface area contributed by atoms with E-state index in [2.05, 4.69) is 31.7 Å². The van der Waals surface area contributed by atoms with E-state index in [-0.39, 0.29) is 17.9 Å². The van der Waals surface area contributed by atoms with Gasteiger partial charge in [0.25, 0.3) is 5.91 Å². The molecule has 6 nitrogen and oxygen atoms in total. The molecule has 144 valence electrons. The van der Waals surface area contributed by atoms with Crippen LogP contribution in [0.15, 0.2) is 65.4 Å². The minimum absolute atomic E-state index is 0.0294. The highest BCUT2D eigenvalue weighted by molar-refractivity contribution is 9.10. The maximum absolute atomic E-state index is 12.7. The third-order valence-corrected chi connectivity index (χ3v) is 4.70. The summed E-state index contributed by atoms with van der Waals surface area (Å²) in [6.07, 6.45) is 3.96. The molecule has 2 aromatic carbocycles. The highest BCUT2D eigenvalue weighted by Crippen LogP contribution is 2.18. The van der Waals surface area contributed by atoms with Crippen LogP contribution in [0.25, 0.3) is 5.69 Å². The smallest absolute Gasteiger partial charge is 0.251 e. The van der Waals surface area contributed by atoms with E-state index >= 15 is 0 Å². The average molecular weight is 441 g/mol. The van der Waals surface area contributed by atoms with Crippen molar-refractivity contribution in [1.82, 2.24) is 15.1 Å². The summed E-state index contributed by atoms with van der Waals surface area (Å²) in [5.41, 5.74) is 3.06. The Bertz CT molecular complexity index is 982. The van der Waals surface area contributed by atoms with Crippen molar-refractivity contribution in [1.29, 1.82) is 0 Å². The lowest BCUT2D eigenvalue weighted by Crippen LogP contribution is -2.26. The molecular weight excluding hydrogens is 420 g/mol. The first-order valence-electron chi connectivity index (χ1n) is 8.97. The van der Waals surface area contributed by atoms with Crippen molar-refractivity contribution in [3.63, 3.8) is 0 Å². The van der Waals surface area contributed by atoms with Crippen LogP contribution in [0, 0.1) is 0 Å². The van der Waals surface area contributed by atoms with Gasteiger partial charge in [-0.25, -0.2) is 4.68 Å². The van der Waals surface area contributed by atoms with E-state index in [0.717, 1.165) is 21.4 Å². The quantitative estimate of drug-likeness (QED) is 0.593. The lowest BCUT2D eigenvalue weighted by atomic mass is 10.1. The number of amides is 2. The fraction of sp³-hybridized carbons (Fsp3) is 0.190. The maximum Gasteiger partial charge on any atom is 0.251 e. The topological polar surface area (TPSA) is 76.0 Å². The molecule has 3 rings (SSSR count). The molecule has 1 atom stereocenters. The third-order valence-electron chi connectivity index (χ3n) is 4.29. The molecule has 28 heavy (non-hydrogen) atoms. The molecule has 0 aliphatic heterocycles. The Morgan fingerprint density at radius 2 is 1.93 bits per heavy atom. The molecule has 2 amide bonds. The normalized spacial score (nSPS) is 11.7. The molecule has 0 aliphatic rings. The van der Waals surface area contributed by atoms with Crippen molar-refractivity contribution < 1.29 is 9.59 Å². The lowest BCUT2D eigenvalue weighted by molar-refractivity contribution is -0.115. The van der Waals surface area contributed by atoms with Crippen LogP contribution in [0.3, 0.4) is 0 Å². The molecule has 1 heterocycles. The second-order valence-corrected chi connectivity index (χ2v) is 7.29. The fourth-order valence-electron chi connectivity index (χ4n) is 2.70. The first-order valence-corrected chi connectivity index (χ1v) is 9.77. The number of rotatable bonds is 6. The Labute approximate surface area is 172 Å². The van der Waals surface area contributed by atoms with E-state index in [1.165, 1.54) is 0 Å². The molecule has 0 aliphatic carbocycles. The van der Waals surface area contributed by atoms with E-state index < -0.39 is 0 Å². The Morgan fingerprint density at radius 3 is 2.57 bits per heavy atom. The highest BCUT2D eigenvalue weighted by atomic mass is 79.9. The van der Waals surface area contributed by atoms with Crippen molar-refractivity contribution in [3.05, 3.63) is 76.5 Å². The Kier molecular flexibility index (Phi) is 6.26. The van der Waals surface area contributed by atoms with Gasteiger partial charge in [-0.05, 0) is 58.7 Å². The van der Waals surface area contributed by atoms with E-state index in [1.807, 2.05) is 56.4 Å². The van der Waals surface area contributed by atoms with Gasteiger partial charge in [-0.15, -0.1) is 0 Å². The number of hydrogen-bond donors (Lipinski definition) is 2. The second-order valence-electron chi connectivity index (χ2n) is 6.37. The fourth-order valence-corrected chi connectivity index (χ4v) is 2.99. The van der Waals surface area contributed by atoms with Crippen molar-refractivity contribution in [2.45, 2.75) is 26.3 Å². The predicted molar refractivity (Wildman–Crippen MR) is 113 cm³/mol. The number of halogens is 1. The minimum Gasteiger partial charge on any atom is -0.346 e. The molecule has 1 unspecified atom stereocenters. The monoisotopic (exact) mass is 440 g/mol. The van der Waals surface area contributed by atoms with Gasteiger partial charge in [0.1, 0.15) is 0 Å². The summed E-state index contributed by atoms with van der Waals surface area (Å²) in [6.45, 7) is 3.73. The molecule has 0 radical (unpaired) electrons. The zero-order chi connectivity index (χ0) is 20.1. The lowest BCUT2D eigenvalue weighted by Gasteiger charge is -2.15. The average Bonchev–Trinajstić information content (AvgIpc) is 3.15. The van der Waals surface area contributed by atoms with Gasteiger partial charge in [0.15, 0.2) is 0 Å². The summed E-state index contributed by atoms with van der Waals surface area (Å²) in [7, 11) is 0. The second kappa shape index (κ2) is 8.84. The minimum atomic E-state index is -0.175. The van der Waals surface area contributed by atoms with E-state index in [9.17, 15) is 9.59 Å². The zero-order valence-electron chi connectivity index (χ0n) is 15.6. The molecule has 0 saturated carbocycles. The van der Waals surface area contributed by atoms with Crippen molar-refractivity contribution in [2.75, 3.05) is 5.32 Å². The molecule has 0 spiro atoms. The van der Waals surface area contributed by atoms with Crippen LogP contribution in [0.2, 0.25) is 0 Å². The van der Waals surface area contributed by atoms with E-state index in [1.54, 1.807) is 23.0 Å². The largest absolute Gasteiger partial charge is 0.346 e. The van der Waals surface area contributed by atoms with Gasteiger partial charge in [0.05, 0.1) is 22.4 Å². The van der Waals surface area contributed by atoms with Gasteiger partial charge in [-0.1, -0.05) is 25.1 Å². The van der Waals surface area contributed by atoms with Crippen LogP contribution in [0.1, 0.15) is 42.2 Å². The number of nitrogens with zero attached hydrogens (tertiary/aromatic N) is 2. The Hall–Kier alpha value is -2.93. The van der Waals surface area contributed by atoms with Crippen molar-refractivity contribution in [3.8, 4) is 5.69 Å². The predicted octanol–water partition coefficient (Wildman–Crippen LogP) is 4.47. The summed E-state index contributed by atoms with van der Waals surface area (Å²) in [5.74, 6) is -0.192. The van der Waals surface area contributed by atoms with Crippen LogP contribution in [0.5, 0.6) is 0 Å². The molecule has 2 N–H and O–H groups in total. The van der Waals surface area contributed by atoms with Crippen molar-refractivity contribution in [2.24, 2.45) is 0 Å². The van der Waals surface area contributed by atoms with Crippen LogP contribution in [-0.2, 0) is 4.79 Å². The van der Waals surface area contributed by atoms with Crippen molar-refractivity contribution >= 4 is 33.4 Å². The van der Waals surface area contributed by atoms with Crippen LogP contribution in [0.4, 0.5) is 5.69 Å². The molecule has 0 saturated heterocycles. The van der Waals surface area contributed by atoms with Crippen LogP contribution >= 0.6 is 15.9 Å². The number of benzene rings is 2. The molecule has 7 heteroatoms. The molecular formula is C21H21BrN4O2. The Balaban J connectivity index is 1.68. The van der Waals surface area contributed by atoms with Gasteiger partial charge in [0, 0.05) is 23.9 Å². The zero-order valence-corrected chi connectivity index (χ0v) is 17.2. The maximum atomic E-state index is 12.7. The van der Waals surface area contributed by atoms with E-state index in [0.29, 0.717) is 12.0 Å².